The van der Waals surface area contributed by atoms with Crippen LogP contribution in [0.4, 0.5) is 5.00 Å². The molecule has 0 unspecified atom stereocenters. The quantitative estimate of drug-likeness (QED) is 0.227. The van der Waals surface area contributed by atoms with Gasteiger partial charge in [-0.3, -0.25) is 9.36 Å². The van der Waals surface area contributed by atoms with Crippen molar-refractivity contribution < 1.29 is 19.1 Å². The van der Waals surface area contributed by atoms with Gasteiger partial charge in [0.1, 0.15) is 17.4 Å². The van der Waals surface area contributed by atoms with Gasteiger partial charge >= 0.3 is 5.97 Å². The second-order valence-electron chi connectivity index (χ2n) is 6.77. The molecule has 0 spiro atoms. The zero-order valence-corrected chi connectivity index (χ0v) is 20.2. The first kappa shape index (κ1) is 24.5. The molecule has 0 radical (unpaired) electrons. The lowest BCUT2D eigenvalue weighted by molar-refractivity contribution is -0.113. The zero-order valence-electron chi connectivity index (χ0n) is 18.6. The van der Waals surface area contributed by atoms with Crippen LogP contribution in [0.5, 0.6) is 5.75 Å². The number of esters is 1. The van der Waals surface area contributed by atoms with E-state index in [9.17, 15) is 9.59 Å². The van der Waals surface area contributed by atoms with Crippen molar-refractivity contribution in [3.8, 4) is 5.75 Å². The van der Waals surface area contributed by atoms with E-state index < -0.39 is 5.97 Å². The van der Waals surface area contributed by atoms with Crippen molar-refractivity contribution in [2.75, 3.05) is 17.7 Å². The van der Waals surface area contributed by atoms with Crippen LogP contribution in [0.1, 0.15) is 34.9 Å². The van der Waals surface area contributed by atoms with Crippen LogP contribution in [0.2, 0.25) is 0 Å². The number of anilines is 1. The normalized spacial score (nSPS) is 10.6. The largest absolute Gasteiger partial charge is 0.486 e. The Morgan fingerprint density at radius 3 is 2.73 bits per heavy atom. The Bertz CT molecular complexity index is 1100. The molecule has 0 fully saturated rings. The lowest BCUT2D eigenvalue weighted by atomic mass is 10.2. The topological polar surface area (TPSA) is 95.3 Å². The van der Waals surface area contributed by atoms with Gasteiger partial charge in [-0.2, -0.15) is 0 Å². The second kappa shape index (κ2) is 12.2. The Morgan fingerprint density at radius 2 is 2.03 bits per heavy atom. The summed E-state index contributed by atoms with van der Waals surface area (Å²) in [6.45, 7) is 8.54. The molecule has 1 amide bonds. The molecule has 3 rings (SSSR count). The van der Waals surface area contributed by atoms with Gasteiger partial charge in [0, 0.05) is 11.4 Å². The maximum Gasteiger partial charge on any atom is 0.341 e. The summed E-state index contributed by atoms with van der Waals surface area (Å²) in [4.78, 5) is 25.8. The predicted octanol–water partition coefficient (Wildman–Crippen LogP) is 4.57. The number of nitrogens with one attached hydrogen (secondary N) is 1. The number of hydrogen-bond donors (Lipinski definition) is 1. The summed E-state index contributed by atoms with van der Waals surface area (Å²) in [6.07, 6.45) is 2.50. The maximum absolute atomic E-state index is 12.6. The summed E-state index contributed by atoms with van der Waals surface area (Å²) in [5.41, 5.74) is 0.382. The van der Waals surface area contributed by atoms with Crippen LogP contribution in [0, 0.1) is 0 Å². The Morgan fingerprint density at radius 1 is 1.24 bits per heavy atom. The number of ether oxygens (including phenoxy) is 2. The molecule has 0 aliphatic heterocycles. The van der Waals surface area contributed by atoms with E-state index in [0.717, 1.165) is 17.0 Å². The van der Waals surface area contributed by atoms with Gasteiger partial charge < -0.3 is 14.8 Å². The number of allylic oxidation sites excluding steroid dienone is 1. The summed E-state index contributed by atoms with van der Waals surface area (Å²) in [5, 5.41) is 12.3. The third-order valence-corrected chi connectivity index (χ3v) is 6.59. The van der Waals surface area contributed by atoms with Crippen LogP contribution in [0.3, 0.4) is 0 Å². The first-order chi connectivity index (χ1) is 16.0. The number of benzene rings is 1. The van der Waals surface area contributed by atoms with Crippen molar-refractivity contribution in [1.29, 1.82) is 0 Å². The number of carbonyl (C=O) groups excluding carboxylic acids is 2. The highest BCUT2D eigenvalue weighted by Crippen LogP contribution is 2.30. The molecule has 1 N–H and O–H groups in total. The molecular weight excluding hydrogens is 460 g/mol. The van der Waals surface area contributed by atoms with Crippen LogP contribution in [0.25, 0.3) is 0 Å². The van der Waals surface area contributed by atoms with Gasteiger partial charge in [0.05, 0.1) is 17.9 Å². The van der Waals surface area contributed by atoms with Crippen molar-refractivity contribution in [2.45, 2.75) is 38.6 Å². The molecule has 8 nitrogen and oxygen atoms in total. The van der Waals surface area contributed by atoms with Crippen molar-refractivity contribution in [3.05, 3.63) is 65.3 Å². The van der Waals surface area contributed by atoms with Crippen molar-refractivity contribution in [2.24, 2.45) is 0 Å². The van der Waals surface area contributed by atoms with Gasteiger partial charge in [-0.15, -0.1) is 28.1 Å². The summed E-state index contributed by atoms with van der Waals surface area (Å²) in [5.74, 6) is 0.794. The zero-order chi connectivity index (χ0) is 23.6. The molecule has 2 heterocycles. The van der Waals surface area contributed by atoms with E-state index in [4.69, 9.17) is 9.47 Å². The standard InChI is InChI=1S/C23H26N4O4S2/c1-4-12-27-19(14-31-16-10-8-7-9-11-16)25-26-23(27)32-15-20(28)24-21-18(22(29)30-6-3)13-17(5-2)33-21/h4,7-11,13H,1,5-6,12,14-15H2,2-3H3,(H,24,28). The number of amides is 1. The Kier molecular flexibility index (Phi) is 9.08. The summed E-state index contributed by atoms with van der Waals surface area (Å²) in [7, 11) is 0. The van der Waals surface area contributed by atoms with Crippen LogP contribution in [-0.4, -0.2) is 39.0 Å². The van der Waals surface area contributed by atoms with E-state index >= 15 is 0 Å². The number of aryl methyl sites for hydroxylation is 1. The molecule has 0 aliphatic carbocycles. The molecule has 0 saturated carbocycles. The lowest BCUT2D eigenvalue weighted by Crippen LogP contribution is -2.16. The fourth-order valence-corrected chi connectivity index (χ4v) is 4.64. The van der Waals surface area contributed by atoms with Gasteiger partial charge in [-0.1, -0.05) is 43.0 Å². The molecule has 0 saturated heterocycles. The highest BCUT2D eigenvalue weighted by atomic mass is 32.2. The van der Waals surface area contributed by atoms with Gasteiger partial charge in [-0.05, 0) is 31.5 Å². The molecule has 1 aromatic carbocycles. The molecule has 2 aromatic heterocycles. The van der Waals surface area contributed by atoms with Gasteiger partial charge in [-0.25, -0.2) is 4.79 Å². The fraction of sp³-hybridized carbons (Fsp3) is 0.304. The Hall–Kier alpha value is -3.11. The number of hydrogen-bond acceptors (Lipinski definition) is 8. The van der Waals surface area contributed by atoms with E-state index in [1.54, 1.807) is 19.1 Å². The molecule has 33 heavy (non-hydrogen) atoms. The monoisotopic (exact) mass is 486 g/mol. The molecule has 0 atom stereocenters. The number of thioether (sulfide) groups is 1. The first-order valence-corrected chi connectivity index (χ1v) is 12.3. The number of thiophene rings is 1. The van der Waals surface area contributed by atoms with Crippen LogP contribution >= 0.6 is 23.1 Å². The molecule has 3 aromatic rings. The van der Waals surface area contributed by atoms with E-state index in [-0.39, 0.29) is 24.9 Å². The fourth-order valence-electron chi connectivity index (χ4n) is 2.87. The average Bonchev–Trinajstić information content (AvgIpc) is 3.41. The first-order valence-electron chi connectivity index (χ1n) is 10.5. The van der Waals surface area contributed by atoms with Crippen molar-refractivity contribution in [1.82, 2.24) is 14.8 Å². The van der Waals surface area contributed by atoms with Crippen LogP contribution in [0.15, 0.2) is 54.2 Å². The van der Waals surface area contributed by atoms with E-state index in [1.165, 1.54) is 23.1 Å². The molecule has 0 bridgehead atoms. The van der Waals surface area contributed by atoms with Crippen molar-refractivity contribution >= 4 is 40.0 Å². The Labute approximate surface area is 201 Å². The number of nitrogens with zero attached hydrogens (tertiary/aromatic N) is 3. The molecular formula is C23H26N4O4S2. The number of para-hydroxylation sites is 1. The van der Waals surface area contributed by atoms with Crippen molar-refractivity contribution in [3.63, 3.8) is 0 Å². The number of rotatable bonds is 12. The molecule has 10 heteroatoms. The summed E-state index contributed by atoms with van der Waals surface area (Å²) < 4.78 is 12.7. The Balaban J connectivity index is 1.64. The third-order valence-electron chi connectivity index (χ3n) is 4.43. The predicted molar refractivity (Wildman–Crippen MR) is 130 cm³/mol. The average molecular weight is 487 g/mol. The van der Waals surface area contributed by atoms with E-state index in [0.29, 0.717) is 28.1 Å². The molecule has 174 valence electrons. The lowest BCUT2D eigenvalue weighted by Gasteiger charge is -2.09. The number of aromatic nitrogens is 3. The summed E-state index contributed by atoms with van der Waals surface area (Å²) in [6, 6.07) is 11.2. The van der Waals surface area contributed by atoms with E-state index in [2.05, 4.69) is 22.1 Å². The van der Waals surface area contributed by atoms with Gasteiger partial charge in [0.2, 0.25) is 5.91 Å². The van der Waals surface area contributed by atoms with Gasteiger partial charge in [0.15, 0.2) is 11.0 Å². The SMILES string of the molecule is C=CCn1c(COc2ccccc2)nnc1SCC(=O)Nc1sc(CC)cc1C(=O)OCC. The molecule has 0 aliphatic rings. The minimum absolute atomic E-state index is 0.108. The highest BCUT2D eigenvalue weighted by molar-refractivity contribution is 7.99. The van der Waals surface area contributed by atoms with Crippen LogP contribution < -0.4 is 10.1 Å². The highest BCUT2D eigenvalue weighted by Gasteiger charge is 2.20. The minimum Gasteiger partial charge on any atom is -0.486 e. The minimum atomic E-state index is -0.440. The second-order valence-corrected chi connectivity index (χ2v) is 8.85. The maximum atomic E-state index is 12.6. The smallest absolute Gasteiger partial charge is 0.341 e. The van der Waals surface area contributed by atoms with E-state index in [1.807, 2.05) is 41.8 Å². The third kappa shape index (κ3) is 6.69. The van der Waals surface area contributed by atoms with Crippen LogP contribution in [-0.2, 0) is 29.1 Å². The number of carbonyl (C=O) groups is 2. The van der Waals surface area contributed by atoms with Gasteiger partial charge in [0.25, 0.3) is 0 Å². The summed E-state index contributed by atoms with van der Waals surface area (Å²) >= 11 is 2.63.